The van der Waals surface area contributed by atoms with Gasteiger partial charge in [-0.25, -0.2) is 8.42 Å². The molecule has 0 radical (unpaired) electrons. The zero-order chi connectivity index (χ0) is 21.3. The summed E-state index contributed by atoms with van der Waals surface area (Å²) in [6.45, 7) is 2.52. The number of sulfonamides is 1. The molecule has 0 N–H and O–H groups in total. The molecule has 2 aromatic rings. The summed E-state index contributed by atoms with van der Waals surface area (Å²) in [6.07, 6.45) is 0.450. The van der Waals surface area contributed by atoms with Gasteiger partial charge in [-0.2, -0.15) is 4.31 Å². The summed E-state index contributed by atoms with van der Waals surface area (Å²) in [4.78, 5) is 14.8. The second kappa shape index (κ2) is 8.49. The van der Waals surface area contributed by atoms with E-state index in [0.717, 1.165) is 17.1 Å². The molecule has 160 valence electrons. The van der Waals surface area contributed by atoms with E-state index in [0.29, 0.717) is 23.7 Å². The maximum Gasteiger partial charge on any atom is 0.243 e. The first-order valence-electron chi connectivity index (χ1n) is 9.76. The van der Waals surface area contributed by atoms with Crippen LogP contribution in [0.25, 0.3) is 0 Å². The fraction of sp³-hybridized carbons (Fsp3) is 0.381. The molecule has 0 spiro atoms. The molecule has 30 heavy (non-hydrogen) atoms. The van der Waals surface area contributed by atoms with Crippen LogP contribution in [0.4, 0.5) is 5.69 Å². The topological polar surface area (TPSA) is 76.2 Å². The van der Waals surface area contributed by atoms with Gasteiger partial charge in [0.2, 0.25) is 15.9 Å². The number of anilines is 1. The van der Waals surface area contributed by atoms with E-state index < -0.39 is 16.1 Å². The van der Waals surface area contributed by atoms with Crippen LogP contribution in [0, 0.1) is 0 Å². The smallest absolute Gasteiger partial charge is 0.243 e. The van der Waals surface area contributed by atoms with E-state index in [1.807, 2.05) is 18.2 Å². The van der Waals surface area contributed by atoms with E-state index in [4.69, 9.17) is 9.47 Å². The lowest BCUT2D eigenvalue weighted by Crippen LogP contribution is -2.41. The van der Waals surface area contributed by atoms with E-state index >= 15 is 0 Å². The van der Waals surface area contributed by atoms with Gasteiger partial charge in [-0.15, -0.1) is 11.8 Å². The largest absolute Gasteiger partial charge is 0.486 e. The standard InChI is InChI=1S/C21H24N2O5S2/c1-15(24)23-10-5-11-29-21-9-8-17(12-18(21)23)30(25,26)22(2)13-16-14-27-19-6-3-4-7-20(19)28-16/h3-4,6-9,12,16H,5,10-11,13-14H2,1-2H3. The molecule has 1 amide bonds. The van der Waals surface area contributed by atoms with Crippen LogP contribution < -0.4 is 14.4 Å². The van der Waals surface area contributed by atoms with Gasteiger partial charge in [-0.3, -0.25) is 4.79 Å². The van der Waals surface area contributed by atoms with Crippen molar-refractivity contribution in [1.29, 1.82) is 0 Å². The molecule has 0 aromatic heterocycles. The number of nitrogens with zero attached hydrogens (tertiary/aromatic N) is 2. The lowest BCUT2D eigenvalue weighted by Gasteiger charge is -2.29. The predicted octanol–water partition coefficient (Wildman–Crippen LogP) is 3.00. The Balaban J connectivity index is 1.55. The molecule has 1 unspecified atom stereocenters. The van der Waals surface area contributed by atoms with Crippen LogP contribution in [0.3, 0.4) is 0 Å². The summed E-state index contributed by atoms with van der Waals surface area (Å²) in [7, 11) is -2.23. The van der Waals surface area contributed by atoms with Gasteiger partial charge >= 0.3 is 0 Å². The fourth-order valence-electron chi connectivity index (χ4n) is 3.56. The number of para-hydroxylation sites is 2. The first kappa shape index (κ1) is 21.0. The highest BCUT2D eigenvalue weighted by atomic mass is 32.2. The van der Waals surface area contributed by atoms with Gasteiger partial charge in [0.25, 0.3) is 0 Å². The fourth-order valence-corrected chi connectivity index (χ4v) is 5.76. The van der Waals surface area contributed by atoms with Gasteiger partial charge in [0, 0.05) is 25.4 Å². The average molecular weight is 449 g/mol. The Bertz CT molecular complexity index is 1060. The van der Waals surface area contributed by atoms with Crippen molar-refractivity contribution in [3.05, 3.63) is 42.5 Å². The van der Waals surface area contributed by atoms with E-state index in [-0.39, 0.29) is 24.0 Å². The van der Waals surface area contributed by atoms with Crippen molar-refractivity contribution < 1.29 is 22.7 Å². The Hall–Kier alpha value is -2.23. The number of rotatable bonds is 4. The molecule has 9 heteroatoms. The quantitative estimate of drug-likeness (QED) is 0.716. The van der Waals surface area contributed by atoms with E-state index in [2.05, 4.69) is 0 Å². The lowest BCUT2D eigenvalue weighted by atomic mass is 10.2. The Morgan fingerprint density at radius 1 is 1.23 bits per heavy atom. The van der Waals surface area contributed by atoms with Gasteiger partial charge in [0.1, 0.15) is 12.7 Å². The number of hydrogen-bond donors (Lipinski definition) is 0. The molecular weight excluding hydrogens is 424 g/mol. The molecule has 0 saturated heterocycles. The van der Waals surface area contributed by atoms with Crippen LogP contribution in [-0.4, -0.2) is 57.2 Å². The second-order valence-electron chi connectivity index (χ2n) is 7.29. The molecule has 2 aliphatic rings. The second-order valence-corrected chi connectivity index (χ2v) is 10.5. The van der Waals surface area contributed by atoms with Crippen LogP contribution in [-0.2, 0) is 14.8 Å². The Morgan fingerprint density at radius 2 is 2.00 bits per heavy atom. The van der Waals surface area contributed by atoms with Gasteiger partial charge in [-0.05, 0) is 42.5 Å². The molecule has 1 atom stereocenters. The molecule has 0 fully saturated rings. The normalized spacial score (nSPS) is 18.6. The third-order valence-electron chi connectivity index (χ3n) is 5.12. The number of carbonyl (C=O) groups is 1. The highest BCUT2D eigenvalue weighted by molar-refractivity contribution is 7.99. The molecule has 0 saturated carbocycles. The molecule has 4 rings (SSSR count). The Labute approximate surface area is 181 Å². The first-order chi connectivity index (χ1) is 14.4. The number of likely N-dealkylation sites (N-methyl/N-ethyl adjacent to an activating group) is 1. The van der Waals surface area contributed by atoms with Crippen molar-refractivity contribution in [2.45, 2.75) is 29.2 Å². The number of amides is 1. The van der Waals surface area contributed by atoms with Gasteiger partial charge in [-0.1, -0.05) is 12.1 Å². The highest BCUT2D eigenvalue weighted by Crippen LogP contribution is 2.36. The van der Waals surface area contributed by atoms with Crippen molar-refractivity contribution in [2.24, 2.45) is 0 Å². The summed E-state index contributed by atoms with van der Waals surface area (Å²) in [6, 6.07) is 12.3. The number of ether oxygens (including phenoxy) is 2. The maximum absolute atomic E-state index is 13.2. The van der Waals surface area contributed by atoms with Crippen LogP contribution in [0.5, 0.6) is 11.5 Å². The van der Waals surface area contributed by atoms with Crippen molar-refractivity contribution in [3.8, 4) is 11.5 Å². The summed E-state index contributed by atoms with van der Waals surface area (Å²) in [5.74, 6) is 2.07. The highest BCUT2D eigenvalue weighted by Gasteiger charge is 2.29. The molecule has 0 bridgehead atoms. The van der Waals surface area contributed by atoms with Crippen LogP contribution >= 0.6 is 11.8 Å². The molecule has 2 aromatic carbocycles. The van der Waals surface area contributed by atoms with Crippen LogP contribution in [0.2, 0.25) is 0 Å². The minimum atomic E-state index is -3.76. The van der Waals surface area contributed by atoms with Crippen molar-refractivity contribution in [3.63, 3.8) is 0 Å². The summed E-state index contributed by atoms with van der Waals surface area (Å²) in [5.41, 5.74) is 0.658. The number of thioether (sulfide) groups is 1. The SMILES string of the molecule is CC(=O)N1CCCSc2ccc(S(=O)(=O)N(C)CC3COc4ccccc4O3)cc21. The molecular formula is C21H24N2O5S2. The zero-order valence-corrected chi connectivity index (χ0v) is 18.5. The minimum absolute atomic E-state index is 0.0897. The molecule has 0 aliphatic carbocycles. The summed E-state index contributed by atoms with van der Waals surface area (Å²) in [5, 5.41) is 0. The van der Waals surface area contributed by atoms with E-state index in [9.17, 15) is 13.2 Å². The van der Waals surface area contributed by atoms with Crippen molar-refractivity contribution >= 4 is 33.4 Å². The third kappa shape index (κ3) is 4.14. The molecule has 7 nitrogen and oxygen atoms in total. The Morgan fingerprint density at radius 3 is 2.77 bits per heavy atom. The van der Waals surface area contributed by atoms with Gasteiger partial charge in [0.15, 0.2) is 11.5 Å². The van der Waals surface area contributed by atoms with E-state index in [1.54, 1.807) is 40.9 Å². The monoisotopic (exact) mass is 448 g/mol. The number of hydrogen-bond acceptors (Lipinski definition) is 6. The average Bonchev–Trinajstić information content (AvgIpc) is 2.95. The number of fused-ring (bicyclic) bond motifs is 2. The Kier molecular flexibility index (Phi) is 5.95. The first-order valence-corrected chi connectivity index (χ1v) is 12.2. The molecule has 2 heterocycles. The van der Waals surface area contributed by atoms with Gasteiger partial charge < -0.3 is 14.4 Å². The van der Waals surface area contributed by atoms with Crippen LogP contribution in [0.1, 0.15) is 13.3 Å². The zero-order valence-electron chi connectivity index (χ0n) is 16.9. The summed E-state index contributed by atoms with van der Waals surface area (Å²) < 4.78 is 39.3. The molecule has 2 aliphatic heterocycles. The van der Waals surface area contributed by atoms with E-state index in [1.165, 1.54) is 18.3 Å². The number of benzene rings is 2. The number of carbonyl (C=O) groups excluding carboxylic acids is 1. The minimum Gasteiger partial charge on any atom is -0.486 e. The summed E-state index contributed by atoms with van der Waals surface area (Å²) >= 11 is 1.64. The third-order valence-corrected chi connectivity index (χ3v) is 8.09. The lowest BCUT2D eigenvalue weighted by molar-refractivity contribution is -0.116. The van der Waals surface area contributed by atoms with Crippen molar-refractivity contribution in [2.75, 3.05) is 37.4 Å². The predicted molar refractivity (Wildman–Crippen MR) is 116 cm³/mol. The van der Waals surface area contributed by atoms with Crippen molar-refractivity contribution in [1.82, 2.24) is 4.31 Å². The maximum atomic E-state index is 13.2. The van der Waals surface area contributed by atoms with Crippen LogP contribution in [0.15, 0.2) is 52.3 Å². The van der Waals surface area contributed by atoms with Gasteiger partial charge in [0.05, 0.1) is 17.1 Å².